The summed E-state index contributed by atoms with van der Waals surface area (Å²) in [6, 6.07) is 5.50. The van der Waals surface area contributed by atoms with Crippen LogP contribution in [0.2, 0.25) is 10.0 Å². The first kappa shape index (κ1) is 14.1. The second kappa shape index (κ2) is 6.22. The van der Waals surface area contributed by atoms with E-state index in [-0.39, 0.29) is 12.1 Å². The fourth-order valence-corrected chi connectivity index (χ4v) is 2.84. The highest BCUT2D eigenvalue weighted by molar-refractivity contribution is 6.36. The summed E-state index contributed by atoms with van der Waals surface area (Å²) in [4.78, 5) is 0. The molecule has 3 nitrogen and oxygen atoms in total. The molecule has 0 aromatic heterocycles. The van der Waals surface area contributed by atoms with Gasteiger partial charge in [0.2, 0.25) is 0 Å². The Labute approximate surface area is 117 Å². The predicted octanol–water partition coefficient (Wildman–Crippen LogP) is 2.79. The number of halogens is 2. The van der Waals surface area contributed by atoms with Crippen LogP contribution >= 0.6 is 23.2 Å². The number of hydrogen-bond acceptors (Lipinski definition) is 3. The van der Waals surface area contributed by atoms with Gasteiger partial charge in [-0.05, 0) is 25.5 Å². The van der Waals surface area contributed by atoms with Gasteiger partial charge in [0, 0.05) is 34.8 Å². The fraction of sp³-hybridized carbons (Fsp3) is 0.538. The number of benzene rings is 1. The summed E-state index contributed by atoms with van der Waals surface area (Å²) in [6.07, 6.45) is 0.433. The zero-order valence-electron chi connectivity index (χ0n) is 10.2. The van der Waals surface area contributed by atoms with Crippen molar-refractivity contribution in [3.8, 4) is 0 Å². The molecule has 2 rings (SSSR count). The van der Waals surface area contributed by atoms with E-state index in [0.29, 0.717) is 22.2 Å². The number of nitrogens with one attached hydrogen (secondary N) is 1. The van der Waals surface area contributed by atoms with Crippen LogP contribution in [0.1, 0.15) is 25.0 Å². The highest BCUT2D eigenvalue weighted by atomic mass is 35.5. The van der Waals surface area contributed by atoms with Gasteiger partial charge < -0.3 is 15.2 Å². The molecule has 0 bridgehead atoms. The minimum Gasteiger partial charge on any atom is -0.387 e. The van der Waals surface area contributed by atoms with E-state index in [9.17, 15) is 5.11 Å². The molecule has 2 N–H and O–H groups in total. The number of rotatable bonds is 4. The lowest BCUT2D eigenvalue weighted by atomic mass is 10.1. The smallest absolute Gasteiger partial charge is 0.0943 e. The summed E-state index contributed by atoms with van der Waals surface area (Å²) >= 11 is 12.1. The van der Waals surface area contributed by atoms with Crippen LogP contribution < -0.4 is 5.32 Å². The Hall–Kier alpha value is -0.320. The maximum absolute atomic E-state index is 10.2. The van der Waals surface area contributed by atoms with E-state index in [1.807, 2.05) is 6.92 Å². The number of ether oxygens (including phenoxy) is 1. The van der Waals surface area contributed by atoms with E-state index in [2.05, 4.69) is 5.32 Å². The minimum atomic E-state index is -0.709. The van der Waals surface area contributed by atoms with E-state index in [1.54, 1.807) is 18.2 Å². The Balaban J connectivity index is 1.97. The first-order valence-corrected chi connectivity index (χ1v) is 6.82. The van der Waals surface area contributed by atoms with Gasteiger partial charge in [-0.15, -0.1) is 0 Å². The lowest BCUT2D eigenvalue weighted by molar-refractivity contribution is 0.107. The Morgan fingerprint density at radius 1 is 1.44 bits per heavy atom. The van der Waals surface area contributed by atoms with Crippen LogP contribution in [0, 0.1) is 0 Å². The van der Waals surface area contributed by atoms with Gasteiger partial charge in [0.25, 0.3) is 0 Å². The van der Waals surface area contributed by atoms with Crippen molar-refractivity contribution < 1.29 is 9.84 Å². The summed E-state index contributed by atoms with van der Waals surface area (Å²) in [6.45, 7) is 3.21. The molecule has 0 radical (unpaired) electrons. The SMILES string of the molecule is CC1OCCC1NCC(O)c1c(Cl)cccc1Cl. The Morgan fingerprint density at radius 3 is 2.67 bits per heavy atom. The highest BCUT2D eigenvalue weighted by Crippen LogP contribution is 2.30. The average Bonchev–Trinajstić information content (AvgIpc) is 2.72. The van der Waals surface area contributed by atoms with Crippen LogP contribution in [0.5, 0.6) is 0 Å². The monoisotopic (exact) mass is 289 g/mol. The molecule has 1 fully saturated rings. The minimum absolute atomic E-state index is 0.180. The topological polar surface area (TPSA) is 41.5 Å². The number of aliphatic hydroxyl groups excluding tert-OH is 1. The molecule has 3 atom stereocenters. The van der Waals surface area contributed by atoms with Crippen LogP contribution in [0.25, 0.3) is 0 Å². The molecule has 1 heterocycles. The van der Waals surface area contributed by atoms with Crippen LogP contribution in [0.15, 0.2) is 18.2 Å². The molecule has 1 aliphatic rings. The third-order valence-corrected chi connectivity index (χ3v) is 3.94. The van der Waals surface area contributed by atoms with Gasteiger partial charge in [-0.2, -0.15) is 0 Å². The zero-order valence-corrected chi connectivity index (χ0v) is 11.7. The average molecular weight is 290 g/mol. The fourth-order valence-electron chi connectivity index (χ4n) is 2.19. The van der Waals surface area contributed by atoms with Crippen LogP contribution in [0.4, 0.5) is 0 Å². The molecule has 1 saturated heterocycles. The Kier molecular flexibility index (Phi) is 4.87. The maximum atomic E-state index is 10.2. The Bertz CT molecular complexity index is 394. The molecule has 5 heteroatoms. The normalized spacial score (nSPS) is 25.3. The molecular formula is C13H17Cl2NO2. The lowest BCUT2D eigenvalue weighted by Crippen LogP contribution is -2.37. The molecule has 100 valence electrons. The summed E-state index contributed by atoms with van der Waals surface area (Å²) in [5.41, 5.74) is 0.583. The molecular weight excluding hydrogens is 273 g/mol. The quantitative estimate of drug-likeness (QED) is 0.896. The van der Waals surface area contributed by atoms with E-state index in [4.69, 9.17) is 27.9 Å². The van der Waals surface area contributed by atoms with Crippen LogP contribution in [-0.2, 0) is 4.74 Å². The summed E-state index contributed by atoms with van der Waals surface area (Å²) in [5.74, 6) is 0. The van der Waals surface area contributed by atoms with Crippen molar-refractivity contribution in [2.45, 2.75) is 31.6 Å². The largest absolute Gasteiger partial charge is 0.387 e. The van der Waals surface area contributed by atoms with E-state index in [0.717, 1.165) is 13.0 Å². The highest BCUT2D eigenvalue weighted by Gasteiger charge is 2.25. The van der Waals surface area contributed by atoms with Crippen molar-refractivity contribution in [2.24, 2.45) is 0 Å². The maximum Gasteiger partial charge on any atom is 0.0943 e. The van der Waals surface area contributed by atoms with Gasteiger partial charge in [-0.1, -0.05) is 29.3 Å². The lowest BCUT2D eigenvalue weighted by Gasteiger charge is -2.20. The summed E-state index contributed by atoms with van der Waals surface area (Å²) in [7, 11) is 0. The molecule has 3 unspecified atom stereocenters. The molecule has 1 aromatic rings. The predicted molar refractivity (Wildman–Crippen MR) is 73.2 cm³/mol. The Morgan fingerprint density at radius 2 is 2.11 bits per heavy atom. The van der Waals surface area contributed by atoms with Gasteiger partial charge in [-0.25, -0.2) is 0 Å². The first-order chi connectivity index (χ1) is 8.59. The molecule has 1 aliphatic heterocycles. The van der Waals surface area contributed by atoms with Crippen LogP contribution in [-0.4, -0.2) is 30.4 Å². The van der Waals surface area contributed by atoms with Crippen molar-refractivity contribution in [1.82, 2.24) is 5.32 Å². The van der Waals surface area contributed by atoms with Crippen molar-refractivity contribution >= 4 is 23.2 Å². The number of hydrogen-bond donors (Lipinski definition) is 2. The third-order valence-electron chi connectivity index (χ3n) is 3.28. The first-order valence-electron chi connectivity index (χ1n) is 6.06. The van der Waals surface area contributed by atoms with E-state index < -0.39 is 6.10 Å². The standard InChI is InChI=1S/C13H17Cl2NO2/c1-8-11(5-6-18-8)16-7-12(17)13-9(14)3-2-4-10(13)15/h2-4,8,11-12,16-17H,5-7H2,1H3. The molecule has 1 aromatic carbocycles. The van der Waals surface area contributed by atoms with Gasteiger partial charge in [0.05, 0.1) is 12.2 Å². The second-order valence-corrected chi connectivity index (χ2v) is 5.34. The summed E-state index contributed by atoms with van der Waals surface area (Å²) < 4.78 is 5.45. The third kappa shape index (κ3) is 3.16. The van der Waals surface area contributed by atoms with Gasteiger partial charge in [0.15, 0.2) is 0 Å². The van der Waals surface area contributed by atoms with Gasteiger partial charge in [-0.3, -0.25) is 0 Å². The van der Waals surface area contributed by atoms with Gasteiger partial charge >= 0.3 is 0 Å². The second-order valence-electron chi connectivity index (χ2n) is 4.53. The van der Waals surface area contributed by atoms with Crippen molar-refractivity contribution in [1.29, 1.82) is 0 Å². The molecule has 0 saturated carbocycles. The van der Waals surface area contributed by atoms with Crippen molar-refractivity contribution in [2.75, 3.05) is 13.2 Å². The molecule has 18 heavy (non-hydrogen) atoms. The molecule has 0 amide bonds. The molecule has 0 spiro atoms. The zero-order chi connectivity index (χ0) is 13.1. The van der Waals surface area contributed by atoms with Gasteiger partial charge in [0.1, 0.15) is 0 Å². The van der Waals surface area contributed by atoms with E-state index >= 15 is 0 Å². The van der Waals surface area contributed by atoms with Crippen LogP contribution in [0.3, 0.4) is 0 Å². The van der Waals surface area contributed by atoms with E-state index in [1.165, 1.54) is 0 Å². The van der Waals surface area contributed by atoms with Crippen molar-refractivity contribution in [3.63, 3.8) is 0 Å². The molecule has 0 aliphatic carbocycles. The number of aliphatic hydroxyl groups is 1. The summed E-state index contributed by atoms with van der Waals surface area (Å²) in [5, 5.41) is 14.4. The van der Waals surface area contributed by atoms with Crippen molar-refractivity contribution in [3.05, 3.63) is 33.8 Å².